The molecule has 1 aliphatic rings. The van der Waals surface area contributed by atoms with Crippen LogP contribution in [0.4, 0.5) is 5.69 Å². The molecule has 3 aromatic rings. The molecule has 0 aliphatic carbocycles. The van der Waals surface area contributed by atoms with Crippen molar-refractivity contribution >= 4 is 40.2 Å². The minimum absolute atomic E-state index is 0.201. The molecule has 0 unspecified atom stereocenters. The molecule has 34 heavy (non-hydrogen) atoms. The molecule has 0 fully saturated rings. The lowest BCUT2D eigenvalue weighted by Crippen LogP contribution is -2.29. The third-order valence-corrected chi connectivity index (χ3v) is 7.28. The Kier molecular flexibility index (Phi) is 7.43. The van der Waals surface area contributed by atoms with Gasteiger partial charge in [-0.25, -0.2) is 0 Å². The summed E-state index contributed by atoms with van der Waals surface area (Å²) < 4.78 is 0. The van der Waals surface area contributed by atoms with E-state index >= 15 is 0 Å². The minimum atomic E-state index is -0.256. The first-order valence-electron chi connectivity index (χ1n) is 10.9. The number of benzene rings is 2. The fraction of sp³-hybridized carbons (Fsp3) is 0.185. The van der Waals surface area contributed by atoms with E-state index in [2.05, 4.69) is 11.4 Å². The van der Waals surface area contributed by atoms with Crippen LogP contribution in [0.15, 0.2) is 82.8 Å². The zero-order valence-electron chi connectivity index (χ0n) is 18.8. The molecular weight excluding hydrogens is 485 g/mol. The van der Waals surface area contributed by atoms with Crippen LogP contribution >= 0.6 is 22.9 Å². The molecule has 0 saturated carbocycles. The maximum atomic E-state index is 13.6. The molecule has 2 aromatic carbocycles. The zero-order chi connectivity index (χ0) is 24.2. The number of hydrogen-bond acceptors (Lipinski definition) is 4. The molecule has 0 saturated heterocycles. The van der Waals surface area contributed by atoms with E-state index in [0.29, 0.717) is 39.9 Å². The van der Waals surface area contributed by atoms with Gasteiger partial charge in [-0.15, -0.1) is 11.3 Å². The van der Waals surface area contributed by atoms with E-state index in [-0.39, 0.29) is 11.9 Å². The molecule has 172 valence electrons. The Morgan fingerprint density at radius 1 is 1.21 bits per heavy atom. The van der Waals surface area contributed by atoms with Crippen LogP contribution in [0, 0.1) is 22.9 Å². The lowest BCUT2D eigenvalue weighted by molar-refractivity contribution is -0.288. The Balaban J connectivity index is 1.82. The number of nitrogens with zero attached hydrogens (tertiary/aromatic N) is 2. The van der Waals surface area contributed by atoms with Crippen molar-refractivity contribution < 1.29 is 16.4 Å². The van der Waals surface area contributed by atoms with Crippen molar-refractivity contribution in [1.29, 1.82) is 5.26 Å². The number of carbonyl (C=O) groups excluding carboxylic acids is 1. The number of amides is 1. The second-order valence-electron chi connectivity index (χ2n) is 8.09. The minimum Gasteiger partial charge on any atom is -0.345 e. The van der Waals surface area contributed by atoms with Gasteiger partial charge >= 0.3 is 0 Å². The van der Waals surface area contributed by atoms with Crippen molar-refractivity contribution in [2.75, 3.05) is 11.4 Å². The van der Waals surface area contributed by atoms with Crippen LogP contribution in [0.3, 0.4) is 0 Å². The molecule has 1 aliphatic heterocycles. The summed E-state index contributed by atoms with van der Waals surface area (Å²) >= 11 is 13.4. The summed E-state index contributed by atoms with van der Waals surface area (Å²) in [5.41, 5.74) is 4.08. The smallest absolute Gasteiger partial charge is 0.253 e. The van der Waals surface area contributed by atoms with E-state index in [0.717, 1.165) is 21.7 Å². The molecule has 4 nitrogen and oxygen atoms in total. The Hall–Kier alpha value is -3.04. The molecule has 1 amide bonds. The largest absolute Gasteiger partial charge is 0.345 e. The first-order chi connectivity index (χ1) is 16.4. The second kappa shape index (κ2) is 10.5. The molecule has 0 bridgehead atoms. The van der Waals surface area contributed by atoms with Crippen molar-refractivity contribution in [1.82, 2.24) is 5.32 Å². The standard InChI is InChI=1S/C27H23Cl2N3OS/c1-17-12-13-32(23-11-10-20(28)15-22(23)29)26(24-9-6-14-34-24)21(16-30)25(17)27(33)31-18(2)19-7-4-3-5-8-19/h3-11,14-15,18,28H,12-13H2,1-2H3/p+1/t18-/m0/s1. The van der Waals surface area contributed by atoms with Gasteiger partial charge in [-0.1, -0.05) is 53.6 Å². The van der Waals surface area contributed by atoms with Crippen LogP contribution < -0.4 is 10.2 Å². The van der Waals surface area contributed by atoms with Gasteiger partial charge in [0.05, 0.1) is 38.5 Å². The van der Waals surface area contributed by atoms with Gasteiger partial charge in [0.25, 0.3) is 5.91 Å². The van der Waals surface area contributed by atoms with E-state index in [1.54, 1.807) is 6.07 Å². The summed E-state index contributed by atoms with van der Waals surface area (Å²) in [4.78, 5) is 16.5. The van der Waals surface area contributed by atoms with Gasteiger partial charge in [0, 0.05) is 18.7 Å². The third-order valence-electron chi connectivity index (χ3n) is 5.84. The number of carbonyl (C=O) groups is 1. The molecule has 7 heteroatoms. The predicted octanol–water partition coefficient (Wildman–Crippen LogP) is 6.44. The fourth-order valence-corrected chi connectivity index (χ4v) is 5.43. The van der Waals surface area contributed by atoms with Gasteiger partial charge < -0.3 is 10.2 Å². The normalized spacial score (nSPS) is 15.1. The van der Waals surface area contributed by atoms with E-state index in [1.807, 2.05) is 78.7 Å². The Bertz CT molecular complexity index is 1310. The number of nitrogens with one attached hydrogen (secondary N) is 1. The van der Waals surface area contributed by atoms with Crippen LogP contribution in [-0.4, -0.2) is 12.5 Å². The summed E-state index contributed by atoms with van der Waals surface area (Å²) in [5, 5.41) is 16.6. The van der Waals surface area contributed by atoms with E-state index in [1.165, 1.54) is 11.3 Å². The fourth-order valence-electron chi connectivity index (χ4n) is 4.11. The predicted molar refractivity (Wildman–Crippen MR) is 137 cm³/mol. The monoisotopic (exact) mass is 508 g/mol. The van der Waals surface area contributed by atoms with Crippen molar-refractivity contribution in [2.24, 2.45) is 0 Å². The quantitative estimate of drug-likeness (QED) is 0.431. The Morgan fingerprint density at radius 3 is 2.62 bits per heavy atom. The summed E-state index contributed by atoms with van der Waals surface area (Å²) in [6.45, 7) is 4.44. The van der Waals surface area contributed by atoms with E-state index < -0.39 is 0 Å². The van der Waals surface area contributed by atoms with Gasteiger partial charge in [-0.05, 0) is 43.3 Å². The second-order valence-corrected chi connectivity index (χ2v) is 9.92. The van der Waals surface area contributed by atoms with Gasteiger partial charge in [-0.2, -0.15) is 5.26 Å². The highest BCUT2D eigenvalue weighted by molar-refractivity contribution is 7.11. The average molecular weight is 509 g/mol. The average Bonchev–Trinajstić information content (AvgIpc) is 3.31. The lowest BCUT2D eigenvalue weighted by Gasteiger charge is -2.27. The third kappa shape index (κ3) is 4.90. The van der Waals surface area contributed by atoms with Crippen molar-refractivity contribution in [2.45, 2.75) is 26.3 Å². The maximum absolute atomic E-state index is 13.6. The number of nitriles is 1. The summed E-state index contributed by atoms with van der Waals surface area (Å²) in [5.74, 6) is -0.256. The van der Waals surface area contributed by atoms with Crippen LogP contribution in [0.2, 0.25) is 10.0 Å². The Morgan fingerprint density at radius 2 is 1.97 bits per heavy atom. The number of rotatable bonds is 5. The summed E-state index contributed by atoms with van der Waals surface area (Å²) in [6, 6.07) is 21.3. The molecule has 0 spiro atoms. The number of hydrogen-bond donors (Lipinski definition) is 1. The number of anilines is 1. The highest BCUT2D eigenvalue weighted by atomic mass is 35.5. The SMILES string of the molecule is CC1=C(C(=O)N[C@@H](C)c2ccccc2)C(C#N)=C(c2cccs2)N(c2ccc([ClH+])cc2Cl)CC1. The zero-order valence-corrected chi connectivity index (χ0v) is 21.2. The molecule has 1 N–H and O–H groups in total. The van der Waals surface area contributed by atoms with Crippen molar-refractivity contribution in [3.05, 3.63) is 103 Å². The highest BCUT2D eigenvalue weighted by Gasteiger charge is 2.31. The van der Waals surface area contributed by atoms with Crippen LogP contribution in [0.25, 0.3) is 5.70 Å². The summed E-state index contributed by atoms with van der Waals surface area (Å²) in [7, 11) is 0. The lowest BCUT2D eigenvalue weighted by atomic mass is 9.97. The van der Waals surface area contributed by atoms with E-state index in [9.17, 15) is 10.1 Å². The van der Waals surface area contributed by atoms with E-state index in [4.69, 9.17) is 23.2 Å². The molecule has 2 heterocycles. The molecule has 4 rings (SSSR count). The first-order valence-corrected chi connectivity index (χ1v) is 12.6. The first kappa shape index (κ1) is 24.1. The van der Waals surface area contributed by atoms with Crippen LogP contribution in [0.5, 0.6) is 0 Å². The van der Waals surface area contributed by atoms with Gasteiger partial charge in [0.2, 0.25) is 5.02 Å². The molecule has 0 radical (unpaired) electrons. The van der Waals surface area contributed by atoms with Gasteiger partial charge in [-0.3, -0.25) is 4.79 Å². The van der Waals surface area contributed by atoms with Gasteiger partial charge in [0.15, 0.2) is 11.6 Å². The number of halogens is 2. The maximum Gasteiger partial charge on any atom is 0.253 e. The van der Waals surface area contributed by atoms with Crippen molar-refractivity contribution in [3.8, 4) is 6.07 Å². The summed E-state index contributed by atoms with van der Waals surface area (Å²) in [6.07, 6.45) is 0.606. The van der Waals surface area contributed by atoms with Crippen molar-refractivity contribution in [3.63, 3.8) is 0 Å². The van der Waals surface area contributed by atoms with Crippen LogP contribution in [0.1, 0.15) is 36.8 Å². The molecular formula is C27H24Cl2N3OS+. The Labute approximate surface area is 213 Å². The topological polar surface area (TPSA) is 56.1 Å². The molecule has 1 atom stereocenters. The number of thiophene rings is 1. The van der Waals surface area contributed by atoms with Crippen LogP contribution in [-0.2, 0) is 4.79 Å². The van der Waals surface area contributed by atoms with Gasteiger partial charge in [0.1, 0.15) is 6.07 Å². The molecule has 1 aromatic heterocycles. The highest BCUT2D eigenvalue weighted by Crippen LogP contribution is 2.40.